The summed E-state index contributed by atoms with van der Waals surface area (Å²) in [7, 11) is 0. The molecule has 0 rings (SSSR count). The van der Waals surface area contributed by atoms with Crippen LogP contribution in [-0.2, 0) is 14.4 Å². The molecule has 11 heavy (non-hydrogen) atoms. The Morgan fingerprint density at radius 3 is 2.64 bits per heavy atom. The van der Waals surface area contributed by atoms with Crippen molar-refractivity contribution in [3.63, 3.8) is 0 Å². The number of hydrogen-bond donors (Lipinski definition) is 3. The SMILES string of the molecule is [2H]C(=O)N[C@@H](CC(=O)O)C(N)=O. The lowest BCUT2D eigenvalue weighted by atomic mass is 10.2. The van der Waals surface area contributed by atoms with E-state index in [0.717, 1.165) is 0 Å². The molecule has 2 amide bonds. The second-order valence-electron chi connectivity index (χ2n) is 1.80. The minimum absolute atomic E-state index is 0.611. The summed E-state index contributed by atoms with van der Waals surface area (Å²) in [6.45, 7) is 0. The fourth-order valence-corrected chi connectivity index (χ4v) is 0.469. The smallest absolute Gasteiger partial charge is 0.305 e. The molecule has 0 aliphatic carbocycles. The van der Waals surface area contributed by atoms with Crippen LogP contribution in [0.3, 0.4) is 0 Å². The van der Waals surface area contributed by atoms with Crippen LogP contribution in [0.25, 0.3) is 0 Å². The van der Waals surface area contributed by atoms with Crippen molar-refractivity contribution in [3.05, 3.63) is 0 Å². The van der Waals surface area contributed by atoms with Gasteiger partial charge in [0.2, 0.25) is 12.3 Å². The highest BCUT2D eigenvalue weighted by Gasteiger charge is 2.17. The summed E-state index contributed by atoms with van der Waals surface area (Å²) in [6.07, 6.45) is -1.85. The number of nitrogens with two attached hydrogens (primary N) is 1. The molecule has 0 aliphatic heterocycles. The van der Waals surface area contributed by atoms with Crippen LogP contribution in [0.15, 0.2) is 0 Å². The van der Waals surface area contributed by atoms with E-state index in [4.69, 9.17) is 12.2 Å². The molecular weight excluding hydrogens is 152 g/mol. The predicted molar refractivity (Wildman–Crippen MR) is 34.4 cm³/mol. The van der Waals surface area contributed by atoms with Crippen molar-refractivity contribution in [2.45, 2.75) is 12.5 Å². The van der Waals surface area contributed by atoms with Gasteiger partial charge in [0.05, 0.1) is 6.42 Å². The first-order valence-corrected chi connectivity index (χ1v) is 2.71. The van der Waals surface area contributed by atoms with E-state index in [0.29, 0.717) is 0 Å². The van der Waals surface area contributed by atoms with Gasteiger partial charge in [-0.15, -0.1) is 0 Å². The van der Waals surface area contributed by atoms with E-state index in [-0.39, 0.29) is 0 Å². The molecule has 0 unspecified atom stereocenters. The topological polar surface area (TPSA) is 109 Å². The first kappa shape index (κ1) is 7.52. The summed E-state index contributed by atoms with van der Waals surface area (Å²) in [5, 5.41) is 10.0. The summed E-state index contributed by atoms with van der Waals surface area (Å²) in [4.78, 5) is 30.6. The average Bonchev–Trinajstić information content (AvgIpc) is 1.83. The Hall–Kier alpha value is -1.59. The van der Waals surface area contributed by atoms with E-state index in [1.807, 2.05) is 0 Å². The fraction of sp³-hybridized carbons (Fsp3) is 0.400. The summed E-state index contributed by atoms with van der Waals surface area (Å²) < 4.78 is 6.39. The van der Waals surface area contributed by atoms with Gasteiger partial charge in [-0.1, -0.05) is 0 Å². The maximum Gasteiger partial charge on any atom is 0.305 e. The van der Waals surface area contributed by atoms with Gasteiger partial charge < -0.3 is 16.2 Å². The normalized spacial score (nSPS) is 12.9. The zero-order valence-electron chi connectivity index (χ0n) is 6.53. The highest BCUT2D eigenvalue weighted by atomic mass is 16.4. The van der Waals surface area contributed by atoms with Gasteiger partial charge in [0.25, 0.3) is 0 Å². The maximum absolute atomic E-state index is 10.4. The van der Waals surface area contributed by atoms with Gasteiger partial charge in [-0.2, -0.15) is 0 Å². The predicted octanol–water partition coefficient (Wildman–Crippen LogP) is -1.94. The van der Waals surface area contributed by atoms with Gasteiger partial charge in [0, 0.05) is 0 Å². The van der Waals surface area contributed by atoms with Gasteiger partial charge in [-0.25, -0.2) is 0 Å². The molecule has 4 N–H and O–H groups in total. The van der Waals surface area contributed by atoms with Crippen molar-refractivity contribution in [2.75, 3.05) is 0 Å². The lowest BCUT2D eigenvalue weighted by Gasteiger charge is -2.07. The van der Waals surface area contributed by atoms with E-state index in [9.17, 15) is 14.4 Å². The van der Waals surface area contributed by atoms with Gasteiger partial charge in [-0.3, -0.25) is 14.4 Å². The molecule has 6 heteroatoms. The molecule has 0 saturated carbocycles. The van der Waals surface area contributed by atoms with E-state index in [1.165, 1.54) is 0 Å². The first-order chi connectivity index (χ1) is 5.43. The number of amides is 2. The average molecular weight is 161 g/mol. The number of carboxylic acid groups (broad SMARTS) is 1. The van der Waals surface area contributed by atoms with E-state index in [2.05, 4.69) is 0 Å². The monoisotopic (exact) mass is 161 g/mol. The summed E-state index contributed by atoms with van der Waals surface area (Å²) in [5.74, 6) is -2.24. The van der Waals surface area contributed by atoms with Crippen molar-refractivity contribution in [3.8, 4) is 0 Å². The lowest BCUT2D eigenvalue weighted by molar-refractivity contribution is -0.139. The largest absolute Gasteiger partial charge is 0.481 e. The van der Waals surface area contributed by atoms with Gasteiger partial charge in [-0.05, 0) is 0 Å². The number of aliphatic carboxylic acids is 1. The van der Waals surface area contributed by atoms with E-state index < -0.39 is 30.7 Å². The van der Waals surface area contributed by atoms with Crippen LogP contribution in [0, 0.1) is 0 Å². The van der Waals surface area contributed by atoms with Crippen LogP contribution in [0.1, 0.15) is 7.79 Å². The molecule has 0 aromatic heterocycles. The molecule has 6 nitrogen and oxygen atoms in total. The minimum Gasteiger partial charge on any atom is -0.481 e. The number of carbonyl (C=O) groups excluding carboxylic acids is 2. The van der Waals surface area contributed by atoms with Gasteiger partial charge in [0.15, 0.2) is 0 Å². The number of primary amides is 1. The standard InChI is InChI=1S/C5H8N2O4/c6-5(11)3(7-2-8)1-4(9)10/h2-3H,1H2,(H2,6,11)(H,7,8)(H,9,10)/t3-/m0/s1/i2D. The Morgan fingerprint density at radius 1 is 1.82 bits per heavy atom. The Labute approximate surface area is 63.8 Å². The van der Waals surface area contributed by atoms with E-state index in [1.54, 1.807) is 5.32 Å². The highest BCUT2D eigenvalue weighted by Crippen LogP contribution is 1.88. The van der Waals surface area contributed by atoms with Crippen molar-refractivity contribution < 1.29 is 20.9 Å². The van der Waals surface area contributed by atoms with Crippen molar-refractivity contribution in [2.24, 2.45) is 5.73 Å². The van der Waals surface area contributed by atoms with Crippen LogP contribution in [0.2, 0.25) is 0 Å². The molecule has 0 radical (unpaired) electrons. The van der Waals surface area contributed by atoms with Crippen LogP contribution >= 0.6 is 0 Å². The van der Waals surface area contributed by atoms with Crippen LogP contribution < -0.4 is 11.1 Å². The number of rotatable bonds is 4. The number of carboxylic acids is 1. The second kappa shape index (κ2) is 4.26. The maximum atomic E-state index is 10.4. The van der Waals surface area contributed by atoms with Gasteiger partial charge in [0.1, 0.15) is 7.41 Å². The molecule has 62 valence electrons. The minimum atomic E-state index is -1.31. The third-order valence-corrected chi connectivity index (χ3v) is 0.955. The molecule has 0 saturated heterocycles. The summed E-state index contributed by atoms with van der Waals surface area (Å²) in [5.41, 5.74) is 4.73. The molecule has 0 aromatic carbocycles. The molecule has 0 aliphatic rings. The zero-order chi connectivity index (χ0) is 9.72. The quantitative estimate of drug-likeness (QED) is 0.416. The molecular formula is C5H8N2O4. The first-order valence-electron chi connectivity index (χ1n) is 3.21. The highest BCUT2D eigenvalue weighted by molar-refractivity contribution is 5.86. The lowest BCUT2D eigenvalue weighted by Crippen LogP contribution is -2.42. The summed E-state index contributed by atoms with van der Waals surface area (Å²) >= 11 is 0. The van der Waals surface area contributed by atoms with Crippen LogP contribution in [-0.4, -0.2) is 29.4 Å². The van der Waals surface area contributed by atoms with Gasteiger partial charge >= 0.3 is 5.97 Å². The molecule has 0 heterocycles. The summed E-state index contributed by atoms with van der Waals surface area (Å²) in [6, 6.07) is -1.31. The van der Waals surface area contributed by atoms with Crippen molar-refractivity contribution >= 4 is 18.3 Å². The third kappa shape index (κ3) is 3.90. The molecule has 1 atom stereocenters. The van der Waals surface area contributed by atoms with E-state index >= 15 is 0 Å². The molecule has 0 spiro atoms. The fourth-order valence-electron chi connectivity index (χ4n) is 0.469. The molecule has 0 fully saturated rings. The Balaban J connectivity index is 4.14. The zero-order valence-corrected chi connectivity index (χ0v) is 5.53. The van der Waals surface area contributed by atoms with Crippen molar-refractivity contribution in [1.82, 2.24) is 5.32 Å². The Bertz CT molecular complexity index is 201. The van der Waals surface area contributed by atoms with Crippen molar-refractivity contribution in [1.29, 1.82) is 0 Å². The Kier molecular flexibility index (Phi) is 2.91. The molecule has 0 bridgehead atoms. The second-order valence-corrected chi connectivity index (χ2v) is 1.80. The molecule has 0 aromatic rings. The van der Waals surface area contributed by atoms with Crippen LogP contribution in [0.4, 0.5) is 0 Å². The third-order valence-electron chi connectivity index (χ3n) is 0.955. The van der Waals surface area contributed by atoms with Crippen LogP contribution in [0.5, 0.6) is 0 Å². The Morgan fingerprint density at radius 2 is 2.36 bits per heavy atom. The number of hydrogen-bond acceptors (Lipinski definition) is 3. The number of nitrogens with one attached hydrogen (secondary N) is 1. The number of carbonyl (C=O) groups is 3.